The largest absolute Gasteiger partial charge is 0.395 e. The van der Waals surface area contributed by atoms with Gasteiger partial charge in [-0.05, 0) is 57.9 Å². The molecule has 1 rings (SSSR count). The van der Waals surface area contributed by atoms with E-state index in [4.69, 9.17) is 5.11 Å². The quantitative estimate of drug-likeness (QED) is 0.714. The van der Waals surface area contributed by atoms with Gasteiger partial charge >= 0.3 is 0 Å². The number of rotatable bonds is 7. The lowest BCUT2D eigenvalue weighted by Crippen LogP contribution is -2.36. The molecule has 0 amide bonds. The highest BCUT2D eigenvalue weighted by Crippen LogP contribution is 2.20. The van der Waals surface area contributed by atoms with Crippen molar-refractivity contribution in [1.82, 2.24) is 9.80 Å². The van der Waals surface area contributed by atoms with Crippen molar-refractivity contribution in [3.8, 4) is 0 Å². The highest BCUT2D eigenvalue weighted by Gasteiger charge is 2.18. The topological polar surface area (TPSA) is 26.7 Å². The molecule has 1 heterocycles. The first kappa shape index (κ1) is 13.9. The first-order valence-corrected chi connectivity index (χ1v) is 6.85. The average molecular weight is 228 g/mol. The van der Waals surface area contributed by atoms with Crippen molar-refractivity contribution >= 4 is 0 Å². The van der Waals surface area contributed by atoms with Crippen LogP contribution in [-0.2, 0) is 0 Å². The number of hydrogen-bond acceptors (Lipinski definition) is 3. The molecule has 0 aliphatic carbocycles. The zero-order chi connectivity index (χ0) is 11.8. The summed E-state index contributed by atoms with van der Waals surface area (Å²) in [7, 11) is 0. The number of aliphatic hydroxyl groups is 1. The fourth-order valence-corrected chi connectivity index (χ4v) is 2.55. The number of β-amino-alcohol motifs (C(OH)–C–C–N with tert-alkyl or cyclic N) is 1. The molecular formula is C13H28N2O. The summed E-state index contributed by atoms with van der Waals surface area (Å²) in [6, 6.07) is 0. The van der Waals surface area contributed by atoms with E-state index in [2.05, 4.69) is 23.6 Å². The SMILES string of the molecule is CCN(CC)CCC1CCN(CCO)CC1. The van der Waals surface area contributed by atoms with Gasteiger partial charge in [-0.1, -0.05) is 13.8 Å². The van der Waals surface area contributed by atoms with Gasteiger partial charge in [-0.15, -0.1) is 0 Å². The second-order valence-corrected chi connectivity index (χ2v) is 4.82. The number of likely N-dealkylation sites (tertiary alicyclic amines) is 1. The van der Waals surface area contributed by atoms with Crippen molar-refractivity contribution in [3.63, 3.8) is 0 Å². The molecule has 0 aromatic carbocycles. The van der Waals surface area contributed by atoms with Crippen LogP contribution in [-0.4, -0.2) is 60.8 Å². The van der Waals surface area contributed by atoms with E-state index in [0.29, 0.717) is 6.61 Å². The molecule has 3 heteroatoms. The average Bonchev–Trinajstić information content (AvgIpc) is 2.33. The van der Waals surface area contributed by atoms with Crippen molar-refractivity contribution < 1.29 is 5.11 Å². The predicted octanol–water partition coefficient (Wildman–Crippen LogP) is 1.42. The van der Waals surface area contributed by atoms with Crippen molar-refractivity contribution in [3.05, 3.63) is 0 Å². The van der Waals surface area contributed by atoms with Gasteiger partial charge in [-0.2, -0.15) is 0 Å². The van der Waals surface area contributed by atoms with Crippen LogP contribution in [0.2, 0.25) is 0 Å². The fourth-order valence-electron chi connectivity index (χ4n) is 2.55. The molecule has 1 aliphatic heterocycles. The molecule has 0 spiro atoms. The molecular weight excluding hydrogens is 200 g/mol. The van der Waals surface area contributed by atoms with Crippen LogP contribution in [0.5, 0.6) is 0 Å². The van der Waals surface area contributed by atoms with Crippen LogP contribution in [0.25, 0.3) is 0 Å². The van der Waals surface area contributed by atoms with Gasteiger partial charge in [-0.25, -0.2) is 0 Å². The maximum Gasteiger partial charge on any atom is 0.0558 e. The summed E-state index contributed by atoms with van der Waals surface area (Å²) in [5, 5.41) is 8.88. The molecule has 1 N–H and O–H groups in total. The van der Waals surface area contributed by atoms with Gasteiger partial charge in [0.05, 0.1) is 6.61 Å². The number of piperidine rings is 1. The summed E-state index contributed by atoms with van der Waals surface area (Å²) in [6.07, 6.45) is 4.00. The third-order valence-electron chi connectivity index (χ3n) is 3.87. The van der Waals surface area contributed by atoms with Gasteiger partial charge in [0, 0.05) is 6.54 Å². The first-order chi connectivity index (χ1) is 7.80. The summed E-state index contributed by atoms with van der Waals surface area (Å²) in [5.41, 5.74) is 0. The molecule has 0 atom stereocenters. The molecule has 0 bridgehead atoms. The Balaban J connectivity index is 2.12. The Morgan fingerprint density at radius 1 is 1.19 bits per heavy atom. The number of aliphatic hydroxyl groups excluding tert-OH is 1. The van der Waals surface area contributed by atoms with Gasteiger partial charge in [0.2, 0.25) is 0 Å². The van der Waals surface area contributed by atoms with Gasteiger partial charge in [0.1, 0.15) is 0 Å². The molecule has 16 heavy (non-hydrogen) atoms. The Hall–Kier alpha value is -0.120. The Morgan fingerprint density at radius 2 is 1.81 bits per heavy atom. The van der Waals surface area contributed by atoms with Gasteiger partial charge < -0.3 is 14.9 Å². The summed E-state index contributed by atoms with van der Waals surface area (Å²) in [6.45, 7) is 11.7. The van der Waals surface area contributed by atoms with Crippen LogP contribution in [0.15, 0.2) is 0 Å². The number of hydrogen-bond donors (Lipinski definition) is 1. The lowest BCUT2D eigenvalue weighted by molar-refractivity contribution is 0.138. The Bertz CT molecular complexity index is 163. The highest BCUT2D eigenvalue weighted by molar-refractivity contribution is 4.73. The molecule has 96 valence electrons. The van der Waals surface area contributed by atoms with Gasteiger partial charge in [-0.3, -0.25) is 0 Å². The van der Waals surface area contributed by atoms with Crippen molar-refractivity contribution in [2.24, 2.45) is 5.92 Å². The molecule has 3 nitrogen and oxygen atoms in total. The standard InChI is InChI=1S/C13H28N2O/c1-3-14(4-2)8-5-13-6-9-15(10-7-13)11-12-16/h13,16H,3-12H2,1-2H3. The zero-order valence-electron chi connectivity index (χ0n) is 11.0. The van der Waals surface area contributed by atoms with E-state index in [1.54, 1.807) is 0 Å². The lowest BCUT2D eigenvalue weighted by Gasteiger charge is -2.32. The van der Waals surface area contributed by atoms with E-state index in [0.717, 1.165) is 12.5 Å². The molecule has 1 aliphatic rings. The Morgan fingerprint density at radius 3 is 2.31 bits per heavy atom. The third kappa shape index (κ3) is 4.81. The van der Waals surface area contributed by atoms with Gasteiger partial charge in [0.25, 0.3) is 0 Å². The first-order valence-electron chi connectivity index (χ1n) is 6.85. The minimum atomic E-state index is 0.310. The molecule has 0 aromatic rings. The van der Waals surface area contributed by atoms with Gasteiger partial charge in [0.15, 0.2) is 0 Å². The molecule has 1 fully saturated rings. The van der Waals surface area contributed by atoms with E-state index < -0.39 is 0 Å². The maximum absolute atomic E-state index is 8.88. The number of nitrogens with zero attached hydrogens (tertiary/aromatic N) is 2. The van der Waals surface area contributed by atoms with Crippen LogP contribution in [0.1, 0.15) is 33.1 Å². The van der Waals surface area contributed by atoms with Crippen molar-refractivity contribution in [2.75, 3.05) is 45.9 Å². The van der Waals surface area contributed by atoms with Crippen LogP contribution in [0.4, 0.5) is 0 Å². The minimum absolute atomic E-state index is 0.310. The van der Waals surface area contributed by atoms with Crippen LogP contribution >= 0.6 is 0 Å². The minimum Gasteiger partial charge on any atom is -0.395 e. The normalized spacial score (nSPS) is 19.5. The lowest BCUT2D eigenvalue weighted by atomic mass is 9.93. The van der Waals surface area contributed by atoms with E-state index in [-0.39, 0.29) is 0 Å². The summed E-state index contributed by atoms with van der Waals surface area (Å²) in [4.78, 5) is 4.90. The molecule has 0 unspecified atom stereocenters. The Kier molecular flexibility index (Phi) is 7.01. The van der Waals surface area contributed by atoms with Crippen molar-refractivity contribution in [2.45, 2.75) is 33.1 Å². The van der Waals surface area contributed by atoms with Crippen LogP contribution in [0, 0.1) is 5.92 Å². The maximum atomic E-state index is 8.88. The third-order valence-corrected chi connectivity index (χ3v) is 3.87. The second kappa shape index (κ2) is 8.04. The summed E-state index contributed by atoms with van der Waals surface area (Å²) >= 11 is 0. The monoisotopic (exact) mass is 228 g/mol. The fraction of sp³-hybridized carbons (Fsp3) is 1.00. The molecule has 1 saturated heterocycles. The Labute approximate surface area is 100 Å². The highest BCUT2D eigenvalue weighted by atomic mass is 16.3. The van der Waals surface area contributed by atoms with E-state index in [1.807, 2.05) is 0 Å². The summed E-state index contributed by atoms with van der Waals surface area (Å²) in [5.74, 6) is 0.913. The second-order valence-electron chi connectivity index (χ2n) is 4.82. The van der Waals surface area contributed by atoms with Crippen molar-refractivity contribution in [1.29, 1.82) is 0 Å². The molecule has 0 radical (unpaired) electrons. The smallest absolute Gasteiger partial charge is 0.0558 e. The molecule has 0 aromatic heterocycles. The summed E-state index contributed by atoms with van der Waals surface area (Å²) < 4.78 is 0. The predicted molar refractivity (Wildman–Crippen MR) is 68.7 cm³/mol. The van der Waals surface area contributed by atoms with E-state index in [1.165, 1.54) is 52.0 Å². The van der Waals surface area contributed by atoms with Crippen LogP contribution < -0.4 is 0 Å². The van der Waals surface area contributed by atoms with E-state index in [9.17, 15) is 0 Å². The van der Waals surface area contributed by atoms with Crippen LogP contribution in [0.3, 0.4) is 0 Å². The van der Waals surface area contributed by atoms with E-state index >= 15 is 0 Å². The zero-order valence-corrected chi connectivity index (χ0v) is 11.0. The molecule has 0 saturated carbocycles.